The Kier molecular flexibility index (Phi) is 4.74. The molecule has 0 bridgehead atoms. The number of carbonyl (C=O) groups is 1. The molecule has 1 N–H and O–H groups in total. The highest BCUT2D eigenvalue weighted by molar-refractivity contribution is 7.15. The quantitative estimate of drug-likeness (QED) is 0.729. The second-order valence-electron chi connectivity index (χ2n) is 5.26. The molecule has 0 saturated carbocycles. The van der Waals surface area contributed by atoms with Crippen molar-refractivity contribution in [3.63, 3.8) is 0 Å². The molecule has 0 atom stereocenters. The standard InChI is InChI=1S/C18H15ClN2OS/c1-12-5-7-14(8-6-12)17(22)21-18-20-11-16(23-18)10-13-3-2-4-15(19)9-13/h2-9,11H,10H2,1H3,(H,20,21,22). The maximum absolute atomic E-state index is 12.2. The lowest BCUT2D eigenvalue weighted by atomic mass is 10.1. The summed E-state index contributed by atoms with van der Waals surface area (Å²) in [4.78, 5) is 17.5. The highest BCUT2D eigenvalue weighted by Gasteiger charge is 2.09. The van der Waals surface area contributed by atoms with Crippen molar-refractivity contribution in [1.82, 2.24) is 4.98 Å². The van der Waals surface area contributed by atoms with Crippen molar-refractivity contribution in [3.8, 4) is 0 Å². The van der Waals surface area contributed by atoms with E-state index < -0.39 is 0 Å². The fourth-order valence-electron chi connectivity index (χ4n) is 2.17. The molecular formula is C18H15ClN2OS. The van der Waals surface area contributed by atoms with Gasteiger partial charge < -0.3 is 0 Å². The van der Waals surface area contributed by atoms with E-state index in [1.54, 1.807) is 6.20 Å². The molecule has 0 spiro atoms. The van der Waals surface area contributed by atoms with Crippen molar-refractivity contribution in [2.75, 3.05) is 5.32 Å². The van der Waals surface area contributed by atoms with Gasteiger partial charge in [0, 0.05) is 28.1 Å². The van der Waals surface area contributed by atoms with Gasteiger partial charge in [-0.25, -0.2) is 4.98 Å². The zero-order valence-electron chi connectivity index (χ0n) is 12.5. The van der Waals surface area contributed by atoms with Crippen LogP contribution in [0.25, 0.3) is 0 Å². The summed E-state index contributed by atoms with van der Waals surface area (Å²) in [6.45, 7) is 1.99. The largest absolute Gasteiger partial charge is 0.298 e. The molecule has 0 radical (unpaired) electrons. The number of benzene rings is 2. The number of amides is 1. The van der Waals surface area contributed by atoms with Crippen molar-refractivity contribution in [2.24, 2.45) is 0 Å². The zero-order chi connectivity index (χ0) is 16.2. The first kappa shape index (κ1) is 15.7. The molecule has 0 fully saturated rings. The summed E-state index contributed by atoms with van der Waals surface area (Å²) in [5, 5.41) is 4.16. The maximum atomic E-state index is 12.2. The third-order valence-electron chi connectivity index (χ3n) is 3.36. The number of rotatable bonds is 4. The van der Waals surface area contributed by atoms with Crippen molar-refractivity contribution in [3.05, 3.63) is 81.3 Å². The first-order valence-corrected chi connectivity index (χ1v) is 8.37. The second kappa shape index (κ2) is 6.94. The molecule has 23 heavy (non-hydrogen) atoms. The van der Waals surface area contributed by atoms with Gasteiger partial charge in [0.15, 0.2) is 5.13 Å². The van der Waals surface area contributed by atoms with E-state index in [0.717, 1.165) is 27.4 Å². The number of nitrogens with one attached hydrogen (secondary N) is 1. The Balaban J connectivity index is 1.67. The van der Waals surface area contributed by atoms with Crippen LogP contribution >= 0.6 is 22.9 Å². The highest BCUT2D eigenvalue weighted by Crippen LogP contribution is 2.23. The number of nitrogens with zero attached hydrogens (tertiary/aromatic N) is 1. The Morgan fingerprint density at radius 2 is 2.00 bits per heavy atom. The molecule has 0 saturated heterocycles. The summed E-state index contributed by atoms with van der Waals surface area (Å²) in [5.41, 5.74) is 2.87. The molecule has 1 heterocycles. The number of anilines is 1. The average molecular weight is 343 g/mol. The molecular weight excluding hydrogens is 328 g/mol. The minimum atomic E-state index is -0.145. The van der Waals surface area contributed by atoms with Gasteiger partial charge in [0.2, 0.25) is 0 Å². The Morgan fingerprint density at radius 3 is 2.74 bits per heavy atom. The number of hydrogen-bond acceptors (Lipinski definition) is 3. The number of aromatic nitrogens is 1. The average Bonchev–Trinajstić information content (AvgIpc) is 2.95. The lowest BCUT2D eigenvalue weighted by Crippen LogP contribution is -2.11. The third-order valence-corrected chi connectivity index (χ3v) is 4.50. The fraction of sp³-hybridized carbons (Fsp3) is 0.111. The fourth-order valence-corrected chi connectivity index (χ4v) is 3.22. The molecule has 0 aliphatic rings. The molecule has 116 valence electrons. The van der Waals surface area contributed by atoms with Crippen LogP contribution in [0, 0.1) is 6.92 Å². The Morgan fingerprint density at radius 1 is 1.22 bits per heavy atom. The van der Waals surface area contributed by atoms with Gasteiger partial charge in [-0.05, 0) is 36.8 Å². The monoisotopic (exact) mass is 342 g/mol. The number of aryl methyl sites for hydroxylation is 1. The molecule has 3 rings (SSSR count). The number of halogens is 1. The van der Waals surface area contributed by atoms with E-state index in [9.17, 15) is 4.79 Å². The summed E-state index contributed by atoms with van der Waals surface area (Å²) in [6.07, 6.45) is 2.54. The lowest BCUT2D eigenvalue weighted by Gasteiger charge is -2.02. The minimum absolute atomic E-state index is 0.145. The van der Waals surface area contributed by atoms with Crippen LogP contribution in [0.2, 0.25) is 5.02 Å². The topological polar surface area (TPSA) is 42.0 Å². The van der Waals surface area contributed by atoms with Crippen LogP contribution in [0.4, 0.5) is 5.13 Å². The van der Waals surface area contributed by atoms with Gasteiger partial charge in [0.05, 0.1) is 0 Å². The van der Waals surface area contributed by atoms with Gasteiger partial charge in [0.1, 0.15) is 0 Å². The summed E-state index contributed by atoms with van der Waals surface area (Å²) in [7, 11) is 0. The van der Waals surface area contributed by atoms with Gasteiger partial charge in [-0.2, -0.15) is 0 Å². The van der Waals surface area contributed by atoms with Crippen LogP contribution in [0.1, 0.15) is 26.4 Å². The van der Waals surface area contributed by atoms with Crippen LogP contribution < -0.4 is 5.32 Å². The van der Waals surface area contributed by atoms with E-state index in [1.165, 1.54) is 11.3 Å². The van der Waals surface area contributed by atoms with Gasteiger partial charge in [-0.1, -0.05) is 41.4 Å². The first-order valence-electron chi connectivity index (χ1n) is 7.17. The second-order valence-corrected chi connectivity index (χ2v) is 6.81. The van der Waals surface area contributed by atoms with E-state index in [1.807, 2.05) is 55.5 Å². The van der Waals surface area contributed by atoms with Crippen LogP contribution in [-0.2, 0) is 6.42 Å². The number of hydrogen-bond donors (Lipinski definition) is 1. The van der Waals surface area contributed by atoms with Gasteiger partial charge >= 0.3 is 0 Å². The van der Waals surface area contributed by atoms with Gasteiger partial charge in [-0.15, -0.1) is 11.3 Å². The van der Waals surface area contributed by atoms with Crippen LogP contribution in [0.5, 0.6) is 0 Å². The molecule has 2 aromatic carbocycles. The van der Waals surface area contributed by atoms with Crippen LogP contribution in [-0.4, -0.2) is 10.9 Å². The van der Waals surface area contributed by atoms with Crippen LogP contribution in [0.15, 0.2) is 54.7 Å². The molecule has 5 heteroatoms. The minimum Gasteiger partial charge on any atom is -0.298 e. The SMILES string of the molecule is Cc1ccc(C(=O)Nc2ncc(Cc3cccc(Cl)c3)s2)cc1. The Hall–Kier alpha value is -2.17. The molecule has 0 unspecified atom stereocenters. The molecule has 1 amide bonds. The van der Waals surface area contributed by atoms with Gasteiger partial charge in [-0.3, -0.25) is 10.1 Å². The zero-order valence-corrected chi connectivity index (χ0v) is 14.1. The predicted octanol–water partition coefficient (Wildman–Crippen LogP) is 4.95. The molecule has 3 nitrogen and oxygen atoms in total. The van der Waals surface area contributed by atoms with Gasteiger partial charge in [0.25, 0.3) is 5.91 Å². The first-order chi connectivity index (χ1) is 11.1. The van der Waals surface area contributed by atoms with Crippen molar-refractivity contribution in [1.29, 1.82) is 0 Å². The van der Waals surface area contributed by atoms with E-state index >= 15 is 0 Å². The van der Waals surface area contributed by atoms with E-state index in [2.05, 4.69) is 10.3 Å². The smallest absolute Gasteiger partial charge is 0.257 e. The summed E-state index contributed by atoms with van der Waals surface area (Å²) >= 11 is 7.47. The van der Waals surface area contributed by atoms with E-state index in [0.29, 0.717) is 10.7 Å². The molecule has 1 aromatic heterocycles. The Bertz CT molecular complexity index is 827. The molecule has 3 aromatic rings. The summed E-state index contributed by atoms with van der Waals surface area (Å²) in [6, 6.07) is 15.2. The van der Waals surface area contributed by atoms with E-state index in [-0.39, 0.29) is 5.91 Å². The summed E-state index contributed by atoms with van der Waals surface area (Å²) < 4.78 is 0. The molecule has 0 aliphatic heterocycles. The van der Waals surface area contributed by atoms with E-state index in [4.69, 9.17) is 11.6 Å². The Labute approximate surface area is 144 Å². The van der Waals surface area contributed by atoms with Crippen molar-refractivity contribution < 1.29 is 4.79 Å². The summed E-state index contributed by atoms with van der Waals surface area (Å²) in [5.74, 6) is -0.145. The predicted molar refractivity (Wildman–Crippen MR) is 95.5 cm³/mol. The number of carbonyl (C=O) groups excluding carboxylic acids is 1. The normalized spacial score (nSPS) is 10.5. The van der Waals surface area contributed by atoms with Crippen molar-refractivity contribution >= 4 is 34.0 Å². The van der Waals surface area contributed by atoms with Crippen LogP contribution in [0.3, 0.4) is 0 Å². The maximum Gasteiger partial charge on any atom is 0.257 e. The lowest BCUT2D eigenvalue weighted by molar-refractivity contribution is 0.102. The van der Waals surface area contributed by atoms with Crippen molar-refractivity contribution in [2.45, 2.75) is 13.3 Å². The molecule has 0 aliphatic carbocycles. The third kappa shape index (κ3) is 4.18. The highest BCUT2D eigenvalue weighted by atomic mass is 35.5. The number of thiazole rings is 1.